The number of amides is 2. The summed E-state index contributed by atoms with van der Waals surface area (Å²) in [6.45, 7) is 4.84. The summed E-state index contributed by atoms with van der Waals surface area (Å²) in [6.07, 6.45) is 0. The van der Waals surface area contributed by atoms with Crippen molar-refractivity contribution in [1.29, 1.82) is 0 Å². The van der Waals surface area contributed by atoms with Crippen LogP contribution in [0.25, 0.3) is 0 Å². The van der Waals surface area contributed by atoms with E-state index in [0.29, 0.717) is 27.8 Å². The second-order valence-corrected chi connectivity index (χ2v) is 12.3. The molecule has 1 aliphatic heterocycles. The second kappa shape index (κ2) is 9.28. The summed E-state index contributed by atoms with van der Waals surface area (Å²) in [5.41, 5.74) is 4.13. The van der Waals surface area contributed by atoms with Crippen LogP contribution in [0.15, 0.2) is 72.8 Å². The second-order valence-electron chi connectivity index (χ2n) is 11.1. The van der Waals surface area contributed by atoms with Crippen molar-refractivity contribution in [3.05, 3.63) is 106 Å². The molecule has 4 aliphatic rings. The van der Waals surface area contributed by atoms with Crippen molar-refractivity contribution in [3.63, 3.8) is 0 Å². The van der Waals surface area contributed by atoms with Crippen LogP contribution in [0.2, 0.25) is 0 Å². The number of alkyl halides is 2. The molecule has 0 spiro atoms. The maximum absolute atomic E-state index is 14.2. The third-order valence-electron chi connectivity index (χ3n) is 8.49. The summed E-state index contributed by atoms with van der Waals surface area (Å²) in [7, 11) is 0. The summed E-state index contributed by atoms with van der Waals surface area (Å²) in [4.78, 5) is 52.9. The predicted octanol–water partition coefficient (Wildman–Crippen LogP) is 5.34. The normalized spacial score (nSPS) is 26.8. The molecule has 0 N–H and O–H groups in total. The molecule has 0 aromatic heterocycles. The summed E-state index contributed by atoms with van der Waals surface area (Å²) in [5, 5.41) is 0. The van der Waals surface area contributed by atoms with E-state index in [0.717, 1.165) is 10.5 Å². The SMILES string of the molecule is Cc1ccc(C(=O)COC(=O)[C@H](C(C)C)N2C(=O)[C@@H]3[C@@H](C2=O)C2(Cl)c4ccccc4C3(Cl)c3ccccc32)cc1. The van der Waals surface area contributed by atoms with Crippen LogP contribution in [0.5, 0.6) is 0 Å². The predicted molar refractivity (Wildman–Crippen MR) is 150 cm³/mol. The lowest BCUT2D eigenvalue weighted by molar-refractivity contribution is -0.160. The number of ketones is 1. The number of hydrogen-bond acceptors (Lipinski definition) is 5. The fraction of sp³-hybridized carbons (Fsp3) is 0.312. The number of benzene rings is 3. The average Bonchev–Trinajstić information content (AvgIpc) is 3.21. The number of hydrogen-bond donors (Lipinski definition) is 0. The standard InChI is InChI=1S/C32H27Cl2NO5/c1-17(2)27(30(39)40-16-24(36)19-14-12-18(3)13-15-19)35-28(37)25-26(29(35)38)32(34)21-9-5-4-8-20(21)31(25,33)22-10-6-7-11-23(22)32/h4-15,17,25-27H,16H2,1-3H3/t25-,26-,27-,31?,32?/m0/s1. The molecule has 0 saturated carbocycles. The van der Waals surface area contributed by atoms with Crippen LogP contribution in [0.4, 0.5) is 0 Å². The topological polar surface area (TPSA) is 80.8 Å². The van der Waals surface area contributed by atoms with Crippen LogP contribution in [-0.2, 0) is 28.9 Å². The Balaban J connectivity index is 1.37. The van der Waals surface area contributed by atoms with E-state index in [-0.39, 0.29) is 5.78 Å². The van der Waals surface area contributed by atoms with Crippen LogP contribution in [0.3, 0.4) is 0 Å². The molecule has 1 fully saturated rings. The van der Waals surface area contributed by atoms with Gasteiger partial charge in [0, 0.05) is 5.56 Å². The van der Waals surface area contributed by atoms with Gasteiger partial charge in [-0.05, 0) is 35.1 Å². The van der Waals surface area contributed by atoms with Crippen molar-refractivity contribution in [3.8, 4) is 0 Å². The lowest BCUT2D eigenvalue weighted by Crippen LogP contribution is -2.57. The molecule has 3 aromatic rings. The number of Topliss-reactive ketones (excluding diaryl/α,β-unsaturated/α-hetero) is 1. The molecule has 3 aliphatic carbocycles. The molecule has 0 radical (unpaired) electrons. The zero-order valence-corrected chi connectivity index (χ0v) is 23.7. The molecule has 7 rings (SSSR count). The Morgan fingerprint density at radius 2 is 1.23 bits per heavy atom. The van der Waals surface area contributed by atoms with Crippen molar-refractivity contribution in [1.82, 2.24) is 4.90 Å². The molecule has 1 heterocycles. The van der Waals surface area contributed by atoms with E-state index >= 15 is 0 Å². The highest BCUT2D eigenvalue weighted by molar-refractivity contribution is 6.36. The first-order valence-corrected chi connectivity index (χ1v) is 14.0. The third-order valence-corrected chi connectivity index (χ3v) is 9.77. The number of imide groups is 1. The van der Waals surface area contributed by atoms with Gasteiger partial charge < -0.3 is 4.74 Å². The van der Waals surface area contributed by atoms with Crippen molar-refractivity contribution in [2.75, 3.05) is 6.61 Å². The molecular weight excluding hydrogens is 549 g/mol. The van der Waals surface area contributed by atoms with Crippen LogP contribution in [0, 0.1) is 24.7 Å². The monoisotopic (exact) mass is 575 g/mol. The molecule has 204 valence electrons. The molecule has 2 amide bonds. The van der Waals surface area contributed by atoms with E-state index in [2.05, 4.69) is 0 Å². The van der Waals surface area contributed by atoms with Gasteiger partial charge >= 0.3 is 5.97 Å². The number of nitrogens with zero attached hydrogens (tertiary/aromatic N) is 1. The van der Waals surface area contributed by atoms with Gasteiger partial charge in [0.1, 0.15) is 15.8 Å². The van der Waals surface area contributed by atoms with Crippen LogP contribution < -0.4 is 0 Å². The van der Waals surface area contributed by atoms with Gasteiger partial charge in [-0.15, -0.1) is 23.2 Å². The molecule has 6 nitrogen and oxygen atoms in total. The van der Waals surface area contributed by atoms with Crippen LogP contribution in [0.1, 0.15) is 52.0 Å². The maximum Gasteiger partial charge on any atom is 0.330 e. The molecule has 2 bridgehead atoms. The lowest BCUT2D eigenvalue weighted by atomic mass is 9.54. The molecular formula is C32H27Cl2NO5. The Morgan fingerprint density at radius 1 is 0.800 bits per heavy atom. The van der Waals surface area contributed by atoms with E-state index in [1.807, 2.05) is 55.5 Å². The molecule has 3 atom stereocenters. The third kappa shape index (κ3) is 3.48. The van der Waals surface area contributed by atoms with Crippen molar-refractivity contribution in [2.45, 2.75) is 36.6 Å². The minimum atomic E-state index is -1.34. The van der Waals surface area contributed by atoms with Gasteiger partial charge in [-0.3, -0.25) is 19.3 Å². The first-order valence-electron chi connectivity index (χ1n) is 13.2. The largest absolute Gasteiger partial charge is 0.456 e. The number of carbonyl (C=O) groups is 4. The van der Waals surface area contributed by atoms with Gasteiger partial charge in [0.05, 0.1) is 11.8 Å². The number of likely N-dealkylation sites (tertiary alicyclic amines) is 1. The Morgan fingerprint density at radius 3 is 1.62 bits per heavy atom. The number of halogens is 2. The Hall–Kier alpha value is -3.48. The van der Waals surface area contributed by atoms with Gasteiger partial charge in [0.2, 0.25) is 11.8 Å². The highest BCUT2D eigenvalue weighted by Crippen LogP contribution is 2.69. The van der Waals surface area contributed by atoms with E-state index in [9.17, 15) is 19.2 Å². The zero-order valence-electron chi connectivity index (χ0n) is 22.2. The van der Waals surface area contributed by atoms with Gasteiger partial charge in [-0.25, -0.2) is 4.79 Å². The molecule has 8 heteroatoms. The number of rotatable bonds is 6. The molecule has 1 saturated heterocycles. The number of ether oxygens (including phenoxy) is 1. The minimum Gasteiger partial charge on any atom is -0.456 e. The van der Waals surface area contributed by atoms with E-state index in [1.165, 1.54) is 0 Å². The van der Waals surface area contributed by atoms with Crippen LogP contribution >= 0.6 is 23.2 Å². The smallest absolute Gasteiger partial charge is 0.330 e. The highest BCUT2D eigenvalue weighted by atomic mass is 35.5. The first kappa shape index (κ1) is 26.7. The van der Waals surface area contributed by atoms with Gasteiger partial charge in [-0.2, -0.15) is 0 Å². The maximum atomic E-state index is 14.2. The van der Waals surface area contributed by atoms with E-state index in [1.54, 1.807) is 38.1 Å². The molecule has 0 unspecified atom stereocenters. The van der Waals surface area contributed by atoms with Gasteiger partial charge in [0.25, 0.3) is 0 Å². The van der Waals surface area contributed by atoms with Crippen LogP contribution in [-0.4, -0.2) is 41.1 Å². The molecule has 40 heavy (non-hydrogen) atoms. The summed E-state index contributed by atoms with van der Waals surface area (Å²) in [5.74, 6) is -4.88. The molecule has 3 aromatic carbocycles. The average molecular weight is 576 g/mol. The van der Waals surface area contributed by atoms with E-state index in [4.69, 9.17) is 27.9 Å². The Labute approximate surface area is 242 Å². The quantitative estimate of drug-likeness (QED) is 0.171. The van der Waals surface area contributed by atoms with Crippen molar-refractivity contribution >= 4 is 46.8 Å². The minimum absolute atomic E-state index is 0.382. The van der Waals surface area contributed by atoms with Gasteiger partial charge in [-0.1, -0.05) is 92.2 Å². The van der Waals surface area contributed by atoms with Crippen molar-refractivity contribution in [2.24, 2.45) is 17.8 Å². The highest BCUT2D eigenvalue weighted by Gasteiger charge is 2.74. The first-order chi connectivity index (χ1) is 19.0. The number of carbonyl (C=O) groups excluding carboxylic acids is 4. The summed E-state index contributed by atoms with van der Waals surface area (Å²) >= 11 is 14.9. The Kier molecular flexibility index (Phi) is 6.20. The number of aryl methyl sites for hydroxylation is 1. The fourth-order valence-electron chi connectivity index (χ4n) is 6.68. The lowest BCUT2D eigenvalue weighted by Gasteiger charge is -2.54. The fourth-order valence-corrected chi connectivity index (χ4v) is 7.78. The zero-order chi connectivity index (χ0) is 28.6. The van der Waals surface area contributed by atoms with Gasteiger partial charge in [0.15, 0.2) is 12.4 Å². The summed E-state index contributed by atoms with van der Waals surface area (Å²) in [6, 6.07) is 20.4. The summed E-state index contributed by atoms with van der Waals surface area (Å²) < 4.78 is 5.42. The Bertz CT molecular complexity index is 1460. The number of esters is 1. The van der Waals surface area contributed by atoms with Crippen molar-refractivity contribution < 1.29 is 23.9 Å². The van der Waals surface area contributed by atoms with E-state index < -0.39 is 57.9 Å².